The van der Waals surface area contributed by atoms with Crippen LogP contribution in [0.15, 0.2) is 61.1 Å². The Morgan fingerprint density at radius 1 is 1.00 bits per heavy atom. The zero-order valence-corrected chi connectivity index (χ0v) is 10.3. The molecule has 0 spiro atoms. The van der Waals surface area contributed by atoms with Crippen molar-refractivity contribution in [2.45, 2.75) is 6.54 Å². The summed E-state index contributed by atoms with van der Waals surface area (Å²) < 4.78 is 2.01. The van der Waals surface area contributed by atoms with Crippen LogP contribution in [0.2, 0.25) is 0 Å². The average molecular weight is 251 g/mol. The molecule has 1 aromatic carbocycles. The fourth-order valence-corrected chi connectivity index (χ4v) is 2.02. The molecule has 0 radical (unpaired) electrons. The highest BCUT2D eigenvalue weighted by atomic mass is 16.3. The third-order valence-corrected chi connectivity index (χ3v) is 2.87. The lowest BCUT2D eigenvalue weighted by molar-refractivity contribution is 0.474. The number of imidazole rings is 1. The first-order chi connectivity index (χ1) is 9.33. The quantitative estimate of drug-likeness (QED) is 0.778. The van der Waals surface area contributed by atoms with Crippen LogP contribution in [0.4, 0.5) is 0 Å². The van der Waals surface area contributed by atoms with Crippen molar-refractivity contribution >= 4 is 0 Å². The minimum Gasteiger partial charge on any atom is -0.508 e. The maximum atomic E-state index is 9.49. The van der Waals surface area contributed by atoms with E-state index in [0.717, 1.165) is 17.1 Å². The summed E-state index contributed by atoms with van der Waals surface area (Å²) in [6.45, 7) is 0.653. The van der Waals surface area contributed by atoms with Gasteiger partial charge in [-0.15, -0.1) is 0 Å². The van der Waals surface area contributed by atoms with Gasteiger partial charge in [-0.25, -0.2) is 4.98 Å². The predicted molar refractivity (Wildman–Crippen MR) is 72.7 cm³/mol. The third-order valence-electron chi connectivity index (χ3n) is 2.87. The second-order valence-corrected chi connectivity index (χ2v) is 4.26. The van der Waals surface area contributed by atoms with Gasteiger partial charge in [-0.05, 0) is 29.8 Å². The van der Waals surface area contributed by atoms with Gasteiger partial charge in [0.25, 0.3) is 0 Å². The number of phenolic OH excluding ortho intramolecular Hbond substituents is 1. The van der Waals surface area contributed by atoms with Crippen LogP contribution < -0.4 is 0 Å². The molecule has 0 atom stereocenters. The van der Waals surface area contributed by atoms with E-state index in [0.29, 0.717) is 6.54 Å². The number of rotatable bonds is 3. The van der Waals surface area contributed by atoms with E-state index in [1.807, 2.05) is 41.1 Å². The van der Waals surface area contributed by atoms with Gasteiger partial charge in [0.05, 0.1) is 0 Å². The molecule has 2 heterocycles. The summed E-state index contributed by atoms with van der Waals surface area (Å²) in [4.78, 5) is 8.65. The first-order valence-corrected chi connectivity index (χ1v) is 6.03. The van der Waals surface area contributed by atoms with Crippen molar-refractivity contribution in [1.82, 2.24) is 14.5 Å². The van der Waals surface area contributed by atoms with Crippen molar-refractivity contribution in [2.24, 2.45) is 0 Å². The average Bonchev–Trinajstić information content (AvgIpc) is 2.88. The van der Waals surface area contributed by atoms with Gasteiger partial charge < -0.3 is 9.67 Å². The molecule has 0 aliphatic carbocycles. The van der Waals surface area contributed by atoms with Crippen molar-refractivity contribution in [3.63, 3.8) is 0 Å². The van der Waals surface area contributed by atoms with Gasteiger partial charge in [-0.2, -0.15) is 0 Å². The lowest BCUT2D eigenvalue weighted by Gasteiger charge is -2.07. The summed E-state index contributed by atoms with van der Waals surface area (Å²) in [6, 6.07) is 13.0. The van der Waals surface area contributed by atoms with Gasteiger partial charge in [-0.3, -0.25) is 4.98 Å². The van der Waals surface area contributed by atoms with Crippen LogP contribution in [0.3, 0.4) is 0 Å². The van der Waals surface area contributed by atoms with Crippen LogP contribution in [-0.2, 0) is 6.54 Å². The highest BCUT2D eigenvalue weighted by molar-refractivity contribution is 5.49. The molecule has 4 nitrogen and oxygen atoms in total. The minimum absolute atomic E-state index is 0.275. The molecule has 94 valence electrons. The molecule has 19 heavy (non-hydrogen) atoms. The number of phenols is 1. The Morgan fingerprint density at radius 3 is 2.74 bits per heavy atom. The number of hydrogen-bond donors (Lipinski definition) is 1. The van der Waals surface area contributed by atoms with E-state index in [9.17, 15) is 5.11 Å². The summed E-state index contributed by atoms with van der Waals surface area (Å²) in [5.74, 6) is 1.10. The maximum Gasteiger partial charge on any atom is 0.158 e. The Bertz CT molecular complexity index is 677. The Kier molecular flexibility index (Phi) is 2.98. The van der Waals surface area contributed by atoms with Crippen LogP contribution in [0, 0.1) is 0 Å². The third kappa shape index (κ3) is 2.47. The van der Waals surface area contributed by atoms with Crippen molar-refractivity contribution in [3.05, 3.63) is 66.6 Å². The fourth-order valence-electron chi connectivity index (χ4n) is 2.02. The summed E-state index contributed by atoms with van der Waals surface area (Å²) in [6.07, 6.45) is 5.42. The Morgan fingerprint density at radius 2 is 1.95 bits per heavy atom. The molecule has 3 rings (SSSR count). The smallest absolute Gasteiger partial charge is 0.158 e. The summed E-state index contributed by atoms with van der Waals surface area (Å²) in [7, 11) is 0. The first-order valence-electron chi connectivity index (χ1n) is 6.03. The van der Waals surface area contributed by atoms with Gasteiger partial charge in [-0.1, -0.05) is 18.2 Å². The largest absolute Gasteiger partial charge is 0.508 e. The van der Waals surface area contributed by atoms with Gasteiger partial charge in [0, 0.05) is 25.1 Å². The highest BCUT2D eigenvalue weighted by Gasteiger charge is 2.07. The number of pyridine rings is 1. The lowest BCUT2D eigenvalue weighted by atomic mass is 10.2. The second kappa shape index (κ2) is 4.94. The molecule has 0 fully saturated rings. The van der Waals surface area contributed by atoms with Crippen molar-refractivity contribution in [3.8, 4) is 17.3 Å². The molecule has 0 saturated carbocycles. The second-order valence-electron chi connectivity index (χ2n) is 4.26. The molecule has 0 aliphatic heterocycles. The van der Waals surface area contributed by atoms with Gasteiger partial charge in [0.15, 0.2) is 5.82 Å². The van der Waals surface area contributed by atoms with Crippen LogP contribution in [0.5, 0.6) is 5.75 Å². The minimum atomic E-state index is 0.275. The van der Waals surface area contributed by atoms with Crippen molar-refractivity contribution in [2.75, 3.05) is 0 Å². The van der Waals surface area contributed by atoms with E-state index in [4.69, 9.17) is 0 Å². The Hall–Kier alpha value is -2.62. The zero-order chi connectivity index (χ0) is 13.1. The molecule has 2 aromatic heterocycles. The molecular formula is C15H13N3O. The number of nitrogens with zero attached hydrogens (tertiary/aromatic N) is 3. The topological polar surface area (TPSA) is 50.9 Å². The summed E-state index contributed by atoms with van der Waals surface area (Å²) >= 11 is 0. The van der Waals surface area contributed by atoms with Gasteiger partial charge in [0.2, 0.25) is 0 Å². The van der Waals surface area contributed by atoms with E-state index in [1.54, 1.807) is 24.5 Å². The van der Waals surface area contributed by atoms with Gasteiger partial charge >= 0.3 is 0 Å². The van der Waals surface area contributed by atoms with Crippen molar-refractivity contribution < 1.29 is 5.11 Å². The van der Waals surface area contributed by atoms with Gasteiger partial charge in [0.1, 0.15) is 11.4 Å². The van der Waals surface area contributed by atoms with E-state index in [-0.39, 0.29) is 5.75 Å². The molecule has 0 aliphatic rings. The summed E-state index contributed by atoms with van der Waals surface area (Å²) in [5.41, 5.74) is 1.86. The molecule has 4 heteroatoms. The number of aromatic nitrogens is 3. The SMILES string of the molecule is Oc1cccc(Cn2ccnc2-c2ccccn2)c1. The molecule has 0 amide bonds. The Labute approximate surface area is 111 Å². The molecule has 0 unspecified atom stereocenters. The number of benzene rings is 1. The van der Waals surface area contributed by atoms with Crippen LogP contribution >= 0.6 is 0 Å². The molecule has 0 saturated heterocycles. The van der Waals surface area contributed by atoms with Crippen LogP contribution in [-0.4, -0.2) is 19.6 Å². The van der Waals surface area contributed by atoms with E-state index in [1.165, 1.54) is 0 Å². The zero-order valence-electron chi connectivity index (χ0n) is 10.3. The standard InChI is InChI=1S/C15H13N3O/c19-13-5-3-4-12(10-13)11-18-9-8-17-15(18)14-6-1-2-7-16-14/h1-10,19H,11H2. The maximum absolute atomic E-state index is 9.49. The molecule has 3 aromatic rings. The number of hydrogen-bond acceptors (Lipinski definition) is 3. The monoisotopic (exact) mass is 251 g/mol. The predicted octanol–water partition coefficient (Wildman–Crippen LogP) is 2.70. The normalized spacial score (nSPS) is 10.5. The van der Waals surface area contributed by atoms with Crippen molar-refractivity contribution in [1.29, 1.82) is 0 Å². The molecular weight excluding hydrogens is 238 g/mol. The molecule has 1 N–H and O–H groups in total. The van der Waals surface area contributed by atoms with E-state index in [2.05, 4.69) is 9.97 Å². The fraction of sp³-hybridized carbons (Fsp3) is 0.0667. The van der Waals surface area contributed by atoms with Crippen LogP contribution in [0.1, 0.15) is 5.56 Å². The first kappa shape index (κ1) is 11.5. The van der Waals surface area contributed by atoms with E-state index < -0.39 is 0 Å². The van der Waals surface area contributed by atoms with Crippen LogP contribution in [0.25, 0.3) is 11.5 Å². The lowest BCUT2D eigenvalue weighted by Crippen LogP contribution is -2.01. The highest BCUT2D eigenvalue weighted by Crippen LogP contribution is 2.17. The number of aromatic hydroxyl groups is 1. The molecule has 0 bridgehead atoms. The van der Waals surface area contributed by atoms with E-state index >= 15 is 0 Å². The summed E-state index contributed by atoms with van der Waals surface area (Å²) in [5, 5.41) is 9.49. The Balaban J connectivity index is 1.93.